The first-order valence-electron chi connectivity index (χ1n) is 5.35. The number of aliphatic hydroxyl groups is 1. The Kier molecular flexibility index (Phi) is 3.39. The summed E-state index contributed by atoms with van der Waals surface area (Å²) in [5.74, 6) is -1.62. The van der Waals surface area contributed by atoms with Crippen LogP contribution in [-0.2, 0) is 6.61 Å². The maximum atomic E-state index is 13.7. The molecular formula is C14H11FO3. The van der Waals surface area contributed by atoms with Crippen molar-refractivity contribution in [3.8, 4) is 11.1 Å². The summed E-state index contributed by atoms with van der Waals surface area (Å²) in [6.07, 6.45) is 0. The molecule has 2 aromatic carbocycles. The van der Waals surface area contributed by atoms with Gasteiger partial charge in [-0.25, -0.2) is 9.18 Å². The summed E-state index contributed by atoms with van der Waals surface area (Å²) in [6, 6.07) is 10.4. The van der Waals surface area contributed by atoms with E-state index in [4.69, 9.17) is 10.2 Å². The predicted octanol–water partition coefficient (Wildman–Crippen LogP) is 2.68. The molecule has 0 amide bonds. The first-order chi connectivity index (χ1) is 8.63. The monoisotopic (exact) mass is 246 g/mol. The average molecular weight is 246 g/mol. The number of carboxylic acids is 1. The van der Waals surface area contributed by atoms with Crippen molar-refractivity contribution in [3.05, 3.63) is 59.4 Å². The van der Waals surface area contributed by atoms with Gasteiger partial charge in [0.05, 0.1) is 12.2 Å². The Balaban J connectivity index is 2.64. The molecule has 0 unspecified atom stereocenters. The van der Waals surface area contributed by atoms with E-state index in [1.807, 2.05) is 0 Å². The van der Waals surface area contributed by atoms with Gasteiger partial charge < -0.3 is 10.2 Å². The van der Waals surface area contributed by atoms with Crippen LogP contribution in [-0.4, -0.2) is 16.2 Å². The lowest BCUT2D eigenvalue weighted by Crippen LogP contribution is -2.02. The number of halogens is 1. The molecule has 92 valence electrons. The van der Waals surface area contributed by atoms with Crippen molar-refractivity contribution in [1.29, 1.82) is 0 Å². The van der Waals surface area contributed by atoms with Crippen molar-refractivity contribution >= 4 is 5.97 Å². The first-order valence-corrected chi connectivity index (χ1v) is 5.35. The van der Waals surface area contributed by atoms with Gasteiger partial charge in [-0.05, 0) is 23.3 Å². The Labute approximate surface area is 103 Å². The van der Waals surface area contributed by atoms with E-state index in [1.165, 1.54) is 24.3 Å². The first kappa shape index (κ1) is 12.3. The van der Waals surface area contributed by atoms with E-state index in [0.717, 1.165) is 0 Å². The molecule has 0 heterocycles. The van der Waals surface area contributed by atoms with Crippen molar-refractivity contribution in [3.63, 3.8) is 0 Å². The third-order valence-corrected chi connectivity index (χ3v) is 2.66. The molecule has 2 rings (SSSR count). The Morgan fingerprint density at radius 3 is 2.44 bits per heavy atom. The lowest BCUT2D eigenvalue weighted by molar-refractivity contribution is 0.0697. The highest BCUT2D eigenvalue weighted by atomic mass is 19.1. The molecule has 0 aliphatic heterocycles. The van der Waals surface area contributed by atoms with Crippen LogP contribution in [0.3, 0.4) is 0 Å². The molecule has 18 heavy (non-hydrogen) atoms. The summed E-state index contributed by atoms with van der Waals surface area (Å²) < 4.78 is 13.7. The van der Waals surface area contributed by atoms with Crippen LogP contribution in [0.15, 0.2) is 42.5 Å². The molecule has 3 nitrogen and oxygen atoms in total. The van der Waals surface area contributed by atoms with Gasteiger partial charge in [0.25, 0.3) is 0 Å². The fourth-order valence-corrected chi connectivity index (χ4v) is 1.78. The second-order valence-electron chi connectivity index (χ2n) is 3.82. The summed E-state index contributed by atoms with van der Waals surface area (Å²) in [5.41, 5.74) is 0.997. The summed E-state index contributed by atoms with van der Waals surface area (Å²) in [7, 11) is 0. The highest BCUT2D eigenvalue weighted by molar-refractivity contribution is 5.96. The molecule has 2 aromatic rings. The van der Waals surface area contributed by atoms with Crippen molar-refractivity contribution in [2.45, 2.75) is 6.61 Å². The van der Waals surface area contributed by atoms with Crippen LogP contribution in [0.2, 0.25) is 0 Å². The Morgan fingerprint density at radius 2 is 1.83 bits per heavy atom. The average Bonchev–Trinajstić information content (AvgIpc) is 2.38. The highest BCUT2D eigenvalue weighted by Crippen LogP contribution is 2.27. The van der Waals surface area contributed by atoms with Crippen LogP contribution >= 0.6 is 0 Å². The molecule has 0 atom stereocenters. The highest BCUT2D eigenvalue weighted by Gasteiger charge is 2.14. The standard InChI is InChI=1S/C14H11FO3/c15-13-4-2-1-3-11(13)10-6-5-9(8-16)7-12(10)14(17)18/h1-7,16H,8H2,(H,17,18). The third kappa shape index (κ3) is 2.24. The smallest absolute Gasteiger partial charge is 0.336 e. The zero-order chi connectivity index (χ0) is 13.1. The van der Waals surface area contributed by atoms with Crippen LogP contribution in [0.1, 0.15) is 15.9 Å². The molecule has 0 aliphatic rings. The maximum Gasteiger partial charge on any atom is 0.336 e. The van der Waals surface area contributed by atoms with E-state index in [1.54, 1.807) is 18.2 Å². The van der Waals surface area contributed by atoms with E-state index in [0.29, 0.717) is 11.1 Å². The molecule has 0 spiro atoms. The molecule has 2 N–H and O–H groups in total. The second kappa shape index (κ2) is 4.98. The van der Waals surface area contributed by atoms with Gasteiger partial charge >= 0.3 is 5.97 Å². The van der Waals surface area contributed by atoms with Gasteiger partial charge in [-0.3, -0.25) is 0 Å². The Morgan fingerprint density at radius 1 is 1.11 bits per heavy atom. The summed E-state index contributed by atoms with van der Waals surface area (Å²) in [4.78, 5) is 11.2. The number of carbonyl (C=O) groups is 1. The minimum absolute atomic E-state index is 0.0216. The molecule has 0 aliphatic carbocycles. The lowest BCUT2D eigenvalue weighted by Gasteiger charge is -2.09. The minimum atomic E-state index is -1.15. The molecule has 0 bridgehead atoms. The van der Waals surface area contributed by atoms with E-state index < -0.39 is 11.8 Å². The summed E-state index contributed by atoms with van der Waals surface area (Å²) >= 11 is 0. The van der Waals surface area contributed by atoms with Crippen molar-refractivity contribution < 1.29 is 19.4 Å². The van der Waals surface area contributed by atoms with Crippen LogP contribution in [0.5, 0.6) is 0 Å². The second-order valence-corrected chi connectivity index (χ2v) is 3.82. The zero-order valence-electron chi connectivity index (χ0n) is 9.43. The van der Waals surface area contributed by atoms with Crippen molar-refractivity contribution in [1.82, 2.24) is 0 Å². The van der Waals surface area contributed by atoms with Gasteiger partial charge in [-0.15, -0.1) is 0 Å². The van der Waals surface area contributed by atoms with Crippen LogP contribution in [0.4, 0.5) is 4.39 Å². The van der Waals surface area contributed by atoms with Crippen LogP contribution in [0, 0.1) is 5.82 Å². The van der Waals surface area contributed by atoms with Gasteiger partial charge in [-0.2, -0.15) is 0 Å². The summed E-state index contributed by atoms with van der Waals surface area (Å²) in [5, 5.41) is 18.1. The number of rotatable bonds is 3. The number of hydrogen-bond acceptors (Lipinski definition) is 2. The lowest BCUT2D eigenvalue weighted by atomic mass is 9.97. The van der Waals surface area contributed by atoms with Gasteiger partial charge in [0.1, 0.15) is 5.82 Å². The van der Waals surface area contributed by atoms with E-state index in [2.05, 4.69) is 0 Å². The van der Waals surface area contributed by atoms with E-state index in [-0.39, 0.29) is 17.7 Å². The quantitative estimate of drug-likeness (QED) is 0.875. The normalized spacial score (nSPS) is 10.3. The maximum absolute atomic E-state index is 13.7. The van der Waals surface area contributed by atoms with Crippen molar-refractivity contribution in [2.75, 3.05) is 0 Å². The van der Waals surface area contributed by atoms with E-state index >= 15 is 0 Å². The molecular weight excluding hydrogens is 235 g/mol. The van der Waals surface area contributed by atoms with Crippen molar-refractivity contribution in [2.24, 2.45) is 0 Å². The van der Waals surface area contributed by atoms with Crippen LogP contribution < -0.4 is 0 Å². The summed E-state index contributed by atoms with van der Waals surface area (Å²) in [6.45, 7) is -0.252. The Hall–Kier alpha value is -2.20. The van der Waals surface area contributed by atoms with Gasteiger partial charge in [0, 0.05) is 5.56 Å². The molecule has 0 fully saturated rings. The molecule has 0 aromatic heterocycles. The van der Waals surface area contributed by atoms with E-state index in [9.17, 15) is 9.18 Å². The SMILES string of the molecule is O=C(O)c1cc(CO)ccc1-c1ccccc1F. The molecule has 0 radical (unpaired) electrons. The third-order valence-electron chi connectivity index (χ3n) is 2.66. The fraction of sp³-hybridized carbons (Fsp3) is 0.0714. The van der Waals surface area contributed by atoms with Gasteiger partial charge in [0.2, 0.25) is 0 Å². The minimum Gasteiger partial charge on any atom is -0.478 e. The Bertz CT molecular complexity index is 593. The van der Waals surface area contributed by atoms with Crippen LogP contribution in [0.25, 0.3) is 11.1 Å². The predicted molar refractivity (Wildman–Crippen MR) is 64.7 cm³/mol. The number of aromatic carboxylic acids is 1. The number of aliphatic hydroxyl groups excluding tert-OH is 1. The largest absolute Gasteiger partial charge is 0.478 e. The number of benzene rings is 2. The van der Waals surface area contributed by atoms with Gasteiger partial charge in [-0.1, -0.05) is 30.3 Å². The molecule has 0 saturated carbocycles. The molecule has 4 heteroatoms. The number of carboxylic acid groups (broad SMARTS) is 1. The fourth-order valence-electron chi connectivity index (χ4n) is 1.78. The number of hydrogen-bond donors (Lipinski definition) is 2. The topological polar surface area (TPSA) is 57.5 Å². The zero-order valence-corrected chi connectivity index (χ0v) is 9.43. The molecule has 0 saturated heterocycles. The van der Waals surface area contributed by atoms with Gasteiger partial charge in [0.15, 0.2) is 0 Å².